The fraction of sp³-hybridized carbons (Fsp3) is 0.529. The van der Waals surface area contributed by atoms with Crippen LogP contribution in [0.4, 0.5) is 10.5 Å². The molecule has 1 amide bonds. The molecule has 0 spiro atoms. The smallest absolute Gasteiger partial charge is 0.407 e. The molecule has 1 aliphatic rings. The first-order valence-corrected chi connectivity index (χ1v) is 7.95. The van der Waals surface area contributed by atoms with Crippen molar-refractivity contribution in [3.8, 4) is 0 Å². The number of hydrogen-bond donors (Lipinski definition) is 3. The minimum absolute atomic E-state index is 0. The van der Waals surface area contributed by atoms with Crippen LogP contribution in [0, 0.1) is 5.92 Å². The number of hydrogen-bond acceptors (Lipinski definition) is 3. The predicted octanol–water partition coefficient (Wildman–Crippen LogP) is 3.33. The molecule has 0 aliphatic heterocycles. The van der Waals surface area contributed by atoms with Crippen molar-refractivity contribution in [2.45, 2.75) is 45.3 Å². The summed E-state index contributed by atoms with van der Waals surface area (Å²) < 4.78 is 5.30. The van der Waals surface area contributed by atoms with Gasteiger partial charge in [-0.1, -0.05) is 18.2 Å². The number of nitrogens with zero attached hydrogens (tertiary/aromatic N) is 1. The summed E-state index contributed by atoms with van der Waals surface area (Å²) in [6.45, 7) is 5.98. The highest BCUT2D eigenvalue weighted by Gasteiger charge is 2.33. The van der Waals surface area contributed by atoms with Crippen molar-refractivity contribution in [1.29, 1.82) is 0 Å². The monoisotopic (exact) mass is 446 g/mol. The van der Waals surface area contributed by atoms with Crippen molar-refractivity contribution >= 4 is 41.7 Å². The van der Waals surface area contributed by atoms with Crippen molar-refractivity contribution < 1.29 is 9.53 Å². The molecule has 4 N–H and O–H groups in total. The molecule has 1 unspecified atom stereocenters. The SMILES string of the molecule is CC(C)(C)OC(=O)NC(CN=C(N)Nc1ccccc1)C1CC1.I. The van der Waals surface area contributed by atoms with E-state index in [0.717, 1.165) is 18.5 Å². The molecular weight excluding hydrogens is 419 g/mol. The maximum absolute atomic E-state index is 11.9. The highest BCUT2D eigenvalue weighted by atomic mass is 127. The van der Waals surface area contributed by atoms with E-state index >= 15 is 0 Å². The molecule has 1 saturated carbocycles. The number of halogens is 1. The van der Waals surface area contributed by atoms with Crippen LogP contribution in [0.25, 0.3) is 0 Å². The lowest BCUT2D eigenvalue weighted by Gasteiger charge is -2.23. The normalized spacial score (nSPS) is 15.9. The largest absolute Gasteiger partial charge is 0.444 e. The Bertz CT molecular complexity index is 553. The standard InChI is InChI=1S/C17H26N4O2.HI/c1-17(2,3)23-16(22)21-14(12-9-10-12)11-19-15(18)20-13-7-5-4-6-8-13;/h4-8,12,14H,9-11H2,1-3H3,(H,21,22)(H3,18,19,20);1H. The maximum Gasteiger partial charge on any atom is 0.407 e. The first kappa shape index (κ1) is 20.5. The minimum atomic E-state index is -0.505. The molecule has 1 aliphatic carbocycles. The van der Waals surface area contributed by atoms with E-state index in [-0.39, 0.29) is 30.0 Å². The number of aliphatic imine (C=N–C) groups is 1. The highest BCUT2D eigenvalue weighted by molar-refractivity contribution is 14.0. The van der Waals surface area contributed by atoms with E-state index in [1.165, 1.54) is 0 Å². The number of rotatable bonds is 5. The summed E-state index contributed by atoms with van der Waals surface area (Å²) in [7, 11) is 0. The zero-order valence-corrected chi connectivity index (χ0v) is 16.7. The topological polar surface area (TPSA) is 88.7 Å². The van der Waals surface area contributed by atoms with Gasteiger partial charge in [-0.25, -0.2) is 4.79 Å². The minimum Gasteiger partial charge on any atom is -0.444 e. The van der Waals surface area contributed by atoms with Crippen molar-refractivity contribution in [2.75, 3.05) is 11.9 Å². The second kappa shape index (κ2) is 9.10. The number of amides is 1. The number of ether oxygens (including phenoxy) is 1. The van der Waals surface area contributed by atoms with Gasteiger partial charge >= 0.3 is 6.09 Å². The third kappa shape index (κ3) is 7.85. The molecule has 1 atom stereocenters. The average Bonchev–Trinajstić information content (AvgIpc) is 3.27. The number of benzene rings is 1. The average molecular weight is 446 g/mol. The van der Waals surface area contributed by atoms with Gasteiger partial charge in [-0.3, -0.25) is 4.99 Å². The molecule has 1 aromatic carbocycles. The van der Waals surface area contributed by atoms with Crippen molar-refractivity contribution in [3.05, 3.63) is 30.3 Å². The number of nitrogens with one attached hydrogen (secondary N) is 2. The van der Waals surface area contributed by atoms with Gasteiger partial charge < -0.3 is 21.1 Å². The Kier molecular flexibility index (Phi) is 7.78. The second-order valence-corrected chi connectivity index (χ2v) is 6.81. The van der Waals surface area contributed by atoms with Crippen LogP contribution in [0.15, 0.2) is 35.3 Å². The molecule has 0 bridgehead atoms. The quantitative estimate of drug-likeness (QED) is 0.368. The molecule has 0 aromatic heterocycles. The van der Waals surface area contributed by atoms with Gasteiger partial charge in [0.15, 0.2) is 5.96 Å². The maximum atomic E-state index is 11.9. The van der Waals surface area contributed by atoms with Gasteiger partial charge in [0.2, 0.25) is 0 Å². The van der Waals surface area contributed by atoms with Crippen LogP contribution in [-0.2, 0) is 4.74 Å². The summed E-state index contributed by atoms with van der Waals surface area (Å²) in [6, 6.07) is 9.58. The fourth-order valence-electron chi connectivity index (χ4n) is 2.18. The van der Waals surface area contributed by atoms with Crippen LogP contribution in [0.2, 0.25) is 0 Å². The van der Waals surface area contributed by atoms with Crippen molar-refractivity contribution in [2.24, 2.45) is 16.6 Å². The van der Waals surface area contributed by atoms with Gasteiger partial charge in [0.1, 0.15) is 5.60 Å². The van der Waals surface area contributed by atoms with Crippen LogP contribution in [0.1, 0.15) is 33.6 Å². The Morgan fingerprint density at radius 1 is 1.33 bits per heavy atom. The Morgan fingerprint density at radius 3 is 2.50 bits per heavy atom. The molecule has 6 nitrogen and oxygen atoms in total. The van der Waals surface area contributed by atoms with Gasteiger partial charge in [-0.15, -0.1) is 24.0 Å². The molecule has 1 aromatic rings. The van der Waals surface area contributed by atoms with Gasteiger partial charge in [-0.2, -0.15) is 0 Å². The summed E-state index contributed by atoms with van der Waals surface area (Å²) in [5.41, 5.74) is 6.28. The fourth-order valence-corrected chi connectivity index (χ4v) is 2.18. The molecule has 1 fully saturated rings. The summed E-state index contributed by atoms with van der Waals surface area (Å²) in [5.74, 6) is 0.795. The second-order valence-electron chi connectivity index (χ2n) is 6.81. The number of anilines is 1. The molecule has 0 heterocycles. The van der Waals surface area contributed by atoms with E-state index in [4.69, 9.17) is 10.5 Å². The zero-order chi connectivity index (χ0) is 16.9. The third-order valence-electron chi connectivity index (χ3n) is 3.40. The Morgan fingerprint density at radius 2 is 1.96 bits per heavy atom. The van der Waals surface area contributed by atoms with E-state index in [1.807, 2.05) is 51.1 Å². The molecule has 24 heavy (non-hydrogen) atoms. The van der Waals surface area contributed by atoms with Crippen LogP contribution < -0.4 is 16.4 Å². The number of carbonyl (C=O) groups excluding carboxylic acids is 1. The number of alkyl carbamates (subject to hydrolysis) is 1. The first-order valence-electron chi connectivity index (χ1n) is 7.95. The summed E-state index contributed by atoms with van der Waals surface area (Å²) in [6.07, 6.45) is 1.79. The highest BCUT2D eigenvalue weighted by Crippen LogP contribution is 2.33. The lowest BCUT2D eigenvalue weighted by Crippen LogP contribution is -2.42. The van der Waals surface area contributed by atoms with Gasteiger partial charge in [0, 0.05) is 5.69 Å². The number of guanidine groups is 1. The van der Waals surface area contributed by atoms with Gasteiger partial charge in [0.05, 0.1) is 12.6 Å². The number of para-hydroxylation sites is 1. The van der Waals surface area contributed by atoms with E-state index < -0.39 is 11.7 Å². The molecule has 2 rings (SSSR count). The summed E-state index contributed by atoms with van der Waals surface area (Å²) in [4.78, 5) is 16.3. The first-order chi connectivity index (χ1) is 10.8. The molecule has 7 heteroatoms. The molecule has 0 saturated heterocycles. The third-order valence-corrected chi connectivity index (χ3v) is 3.40. The summed E-state index contributed by atoms with van der Waals surface area (Å²) >= 11 is 0. The Balaban J connectivity index is 0.00000288. The van der Waals surface area contributed by atoms with Gasteiger partial charge in [-0.05, 0) is 51.7 Å². The number of carbonyl (C=O) groups is 1. The predicted molar refractivity (Wildman–Crippen MR) is 108 cm³/mol. The van der Waals surface area contributed by atoms with Crippen LogP contribution in [-0.4, -0.2) is 30.2 Å². The lowest BCUT2D eigenvalue weighted by molar-refractivity contribution is 0.0500. The van der Waals surface area contributed by atoms with Crippen LogP contribution >= 0.6 is 24.0 Å². The number of nitrogens with two attached hydrogens (primary N) is 1. The van der Waals surface area contributed by atoms with E-state index in [2.05, 4.69) is 15.6 Å². The van der Waals surface area contributed by atoms with Crippen molar-refractivity contribution in [3.63, 3.8) is 0 Å². The summed E-state index contributed by atoms with van der Waals surface area (Å²) in [5, 5.41) is 5.94. The zero-order valence-electron chi connectivity index (χ0n) is 14.4. The van der Waals surface area contributed by atoms with Crippen LogP contribution in [0.5, 0.6) is 0 Å². The Hall–Kier alpha value is -1.51. The van der Waals surface area contributed by atoms with E-state index in [1.54, 1.807) is 0 Å². The van der Waals surface area contributed by atoms with Crippen LogP contribution in [0.3, 0.4) is 0 Å². The van der Waals surface area contributed by atoms with E-state index in [0.29, 0.717) is 18.4 Å². The van der Waals surface area contributed by atoms with Crippen molar-refractivity contribution in [1.82, 2.24) is 5.32 Å². The lowest BCUT2D eigenvalue weighted by atomic mass is 10.2. The van der Waals surface area contributed by atoms with E-state index in [9.17, 15) is 4.79 Å². The molecule has 0 radical (unpaired) electrons. The Labute approximate surface area is 160 Å². The molecule has 134 valence electrons. The van der Waals surface area contributed by atoms with Gasteiger partial charge in [0.25, 0.3) is 0 Å². The molecular formula is C17H27IN4O2.